The van der Waals surface area contributed by atoms with Gasteiger partial charge in [-0.25, -0.2) is 0 Å². The minimum atomic E-state index is 0.402. The zero-order chi connectivity index (χ0) is 7.11. The summed E-state index contributed by atoms with van der Waals surface area (Å²) in [5.74, 6) is 0.402. The van der Waals surface area contributed by atoms with Gasteiger partial charge in [-0.3, -0.25) is 9.45 Å². The van der Waals surface area contributed by atoms with E-state index in [2.05, 4.69) is 17.2 Å². The van der Waals surface area contributed by atoms with Crippen molar-refractivity contribution in [2.45, 2.75) is 12.8 Å². The van der Waals surface area contributed by atoms with Gasteiger partial charge in [-0.2, -0.15) is 0 Å². The lowest BCUT2D eigenvalue weighted by Gasteiger charge is -2.08. The van der Waals surface area contributed by atoms with Crippen LogP contribution < -0.4 is 5.32 Å². The average molecular weight is 152 g/mol. The fourth-order valence-electron chi connectivity index (χ4n) is 0.706. The number of carbonyl (C=O) groups excluding carboxylic acids is 1. The molecule has 9 heavy (non-hydrogen) atoms. The fourth-order valence-corrected chi connectivity index (χ4v) is 0.706. The highest BCUT2D eigenvalue weighted by Gasteiger charge is 2.04. The van der Waals surface area contributed by atoms with Crippen LogP contribution in [-0.4, -0.2) is 23.5 Å². The first-order chi connectivity index (χ1) is 4.39. The molecule has 0 radical (unpaired) electrons. The number of piperidine rings is 1. The van der Waals surface area contributed by atoms with E-state index >= 15 is 0 Å². The molecule has 0 atom stereocenters. The second kappa shape index (κ2) is 6.01. The molecule has 4 heteroatoms. The molecule has 54 valence electrons. The van der Waals surface area contributed by atoms with Gasteiger partial charge in [0.25, 0.3) is 0 Å². The summed E-state index contributed by atoms with van der Waals surface area (Å²) < 4.78 is 6.47. The molecule has 0 aliphatic carbocycles. The molecule has 0 aromatic rings. The lowest BCUT2D eigenvalue weighted by atomic mass is 10.1. The predicted octanol–water partition coefficient (Wildman–Crippen LogP) is 0.0714. The van der Waals surface area contributed by atoms with Gasteiger partial charge < -0.3 is 5.32 Å². The summed E-state index contributed by atoms with van der Waals surface area (Å²) >= 11 is 3.64. The van der Waals surface area contributed by atoms with Gasteiger partial charge in [0.2, 0.25) is 0 Å². The summed E-state index contributed by atoms with van der Waals surface area (Å²) in [6.45, 7) is 1.78. The molecule has 0 aromatic carbocycles. The van der Waals surface area contributed by atoms with Crippen molar-refractivity contribution in [1.29, 1.82) is 0 Å². The molecule has 2 N–H and O–H groups in total. The van der Waals surface area contributed by atoms with E-state index in [1.807, 2.05) is 0 Å². The van der Waals surface area contributed by atoms with Crippen molar-refractivity contribution in [3.05, 3.63) is 0 Å². The number of halogens is 1. The van der Waals surface area contributed by atoms with Gasteiger partial charge in [0.05, 0.1) is 11.9 Å². The number of rotatable bonds is 0. The molecular formula is C5H10ClNO2. The highest BCUT2D eigenvalue weighted by molar-refractivity contribution is 6.04. The van der Waals surface area contributed by atoms with Crippen LogP contribution in [0.2, 0.25) is 0 Å². The Morgan fingerprint density at radius 1 is 1.33 bits per heavy atom. The average Bonchev–Trinajstić information content (AvgIpc) is 1.94. The second-order valence-electron chi connectivity index (χ2n) is 1.79. The van der Waals surface area contributed by atoms with Crippen LogP contribution in [0.5, 0.6) is 0 Å². The summed E-state index contributed by atoms with van der Waals surface area (Å²) in [6, 6.07) is 0. The largest absolute Gasteiger partial charge is 0.316 e. The maximum Gasteiger partial charge on any atom is 0.135 e. The molecule has 1 aliphatic rings. The van der Waals surface area contributed by atoms with Crippen LogP contribution in [0.4, 0.5) is 0 Å². The third-order valence-electron chi connectivity index (χ3n) is 1.16. The van der Waals surface area contributed by atoms with Crippen molar-refractivity contribution < 1.29 is 9.45 Å². The number of ketones is 1. The van der Waals surface area contributed by atoms with Gasteiger partial charge in [0, 0.05) is 25.9 Å². The normalized spacial score (nSPS) is 18.2. The van der Waals surface area contributed by atoms with Crippen molar-refractivity contribution in [3.8, 4) is 0 Å². The van der Waals surface area contributed by atoms with Gasteiger partial charge in [-0.15, -0.1) is 0 Å². The number of hydrogen-bond donors (Lipinski definition) is 2. The molecule has 0 spiro atoms. The van der Waals surface area contributed by atoms with Crippen LogP contribution in [0.25, 0.3) is 0 Å². The van der Waals surface area contributed by atoms with E-state index in [9.17, 15) is 4.79 Å². The Hall–Kier alpha value is -0.120. The first-order valence-electron chi connectivity index (χ1n) is 2.79. The summed E-state index contributed by atoms with van der Waals surface area (Å²) in [6.07, 6.45) is 1.47. The molecule has 1 aliphatic heterocycles. The maximum atomic E-state index is 10.4. The minimum absolute atomic E-state index is 0.402. The maximum absolute atomic E-state index is 10.4. The smallest absolute Gasteiger partial charge is 0.135 e. The second-order valence-corrected chi connectivity index (χ2v) is 1.79. The third kappa shape index (κ3) is 4.39. The lowest BCUT2D eigenvalue weighted by molar-refractivity contribution is -0.119. The number of nitrogens with one attached hydrogen (secondary N) is 1. The summed E-state index contributed by atoms with van der Waals surface area (Å²) in [5.41, 5.74) is 0. The topological polar surface area (TPSA) is 49.3 Å². The quantitative estimate of drug-likeness (QED) is 0.515. The molecule has 0 aromatic heterocycles. The molecule has 1 heterocycles. The van der Waals surface area contributed by atoms with Crippen molar-refractivity contribution in [2.75, 3.05) is 13.1 Å². The molecule has 0 bridgehead atoms. The van der Waals surface area contributed by atoms with E-state index in [0.717, 1.165) is 25.9 Å². The molecule has 0 amide bonds. The Kier molecular flexibility index (Phi) is 5.93. The number of hydrogen-bond acceptors (Lipinski definition) is 3. The summed E-state index contributed by atoms with van der Waals surface area (Å²) in [7, 11) is 0. The first kappa shape index (κ1) is 8.88. The molecular weight excluding hydrogens is 142 g/mol. The van der Waals surface area contributed by atoms with Crippen LogP contribution in [0.1, 0.15) is 12.8 Å². The monoisotopic (exact) mass is 151 g/mol. The SMILES string of the molecule is O=C1CCNCC1.OCl. The van der Waals surface area contributed by atoms with Gasteiger partial charge in [0.15, 0.2) is 0 Å². The predicted molar refractivity (Wildman–Crippen MR) is 35.2 cm³/mol. The van der Waals surface area contributed by atoms with Crippen LogP contribution in [0, 0.1) is 0 Å². The van der Waals surface area contributed by atoms with E-state index in [1.54, 1.807) is 0 Å². The van der Waals surface area contributed by atoms with E-state index in [-0.39, 0.29) is 0 Å². The Bertz CT molecular complexity index is 79.0. The Morgan fingerprint density at radius 2 is 1.78 bits per heavy atom. The lowest BCUT2D eigenvalue weighted by Crippen LogP contribution is -2.27. The van der Waals surface area contributed by atoms with Crippen molar-refractivity contribution in [2.24, 2.45) is 0 Å². The van der Waals surface area contributed by atoms with Crippen LogP contribution >= 0.6 is 11.9 Å². The van der Waals surface area contributed by atoms with Crippen LogP contribution in [0.15, 0.2) is 0 Å². The van der Waals surface area contributed by atoms with Crippen molar-refractivity contribution >= 4 is 17.6 Å². The van der Waals surface area contributed by atoms with E-state index in [4.69, 9.17) is 4.66 Å². The Labute approximate surface area is 59.2 Å². The highest BCUT2D eigenvalue weighted by atomic mass is 35.5. The van der Waals surface area contributed by atoms with Crippen LogP contribution in [0.3, 0.4) is 0 Å². The van der Waals surface area contributed by atoms with Gasteiger partial charge >= 0.3 is 0 Å². The zero-order valence-electron chi connectivity index (χ0n) is 5.06. The van der Waals surface area contributed by atoms with Gasteiger partial charge in [-0.1, -0.05) is 0 Å². The third-order valence-corrected chi connectivity index (χ3v) is 1.16. The summed E-state index contributed by atoms with van der Waals surface area (Å²) in [4.78, 5) is 10.4. The van der Waals surface area contributed by atoms with E-state index in [1.165, 1.54) is 0 Å². The minimum Gasteiger partial charge on any atom is -0.316 e. The molecule has 0 saturated carbocycles. The molecule has 1 rings (SSSR count). The van der Waals surface area contributed by atoms with Crippen molar-refractivity contribution in [1.82, 2.24) is 5.32 Å². The van der Waals surface area contributed by atoms with E-state index < -0.39 is 0 Å². The van der Waals surface area contributed by atoms with Crippen LogP contribution in [-0.2, 0) is 4.79 Å². The van der Waals surface area contributed by atoms with Gasteiger partial charge in [0.1, 0.15) is 5.78 Å². The van der Waals surface area contributed by atoms with Gasteiger partial charge in [-0.05, 0) is 0 Å². The zero-order valence-corrected chi connectivity index (χ0v) is 5.82. The molecule has 3 nitrogen and oxygen atoms in total. The number of carbonyl (C=O) groups is 1. The van der Waals surface area contributed by atoms with Crippen molar-refractivity contribution in [3.63, 3.8) is 0 Å². The molecule has 0 unspecified atom stereocenters. The summed E-state index contributed by atoms with van der Waals surface area (Å²) in [5, 5.41) is 3.09. The Morgan fingerprint density at radius 3 is 2.00 bits per heavy atom. The first-order valence-corrected chi connectivity index (χ1v) is 3.13. The van der Waals surface area contributed by atoms with E-state index in [0.29, 0.717) is 5.78 Å². The molecule has 1 saturated heterocycles. The standard InChI is InChI=1S/C5H9NO.ClHO/c7-5-1-3-6-4-2-5;1-2/h6H,1-4H2;2H. The molecule has 1 fully saturated rings. The fraction of sp³-hybridized carbons (Fsp3) is 0.800. The number of Topliss-reactive ketones (excluding diaryl/α,β-unsaturated/α-hetero) is 1. The highest BCUT2D eigenvalue weighted by Crippen LogP contribution is 1.91. The Balaban J connectivity index is 0.000000291.